The molecule has 34 heavy (non-hydrogen) atoms. The second kappa shape index (κ2) is 10.5. The maximum atomic E-state index is 14.7. The van der Waals surface area contributed by atoms with E-state index in [1.807, 2.05) is 0 Å². The number of alkyl halides is 7. The highest BCUT2D eigenvalue weighted by atomic mass is 79.9. The number of carbonyl (C=O) groups excluding carboxylic acids is 1. The van der Waals surface area contributed by atoms with Crippen molar-refractivity contribution >= 4 is 49.1 Å². The van der Waals surface area contributed by atoms with E-state index in [1.165, 1.54) is 12.1 Å². The molecule has 0 fully saturated rings. The van der Waals surface area contributed by atoms with E-state index in [2.05, 4.69) is 47.3 Å². The van der Waals surface area contributed by atoms with Crippen molar-refractivity contribution in [3.05, 3.63) is 67.6 Å². The van der Waals surface area contributed by atoms with Gasteiger partial charge in [-0.3, -0.25) is 4.79 Å². The zero-order chi connectivity index (χ0) is 25.9. The monoisotopic (exact) mass is 621 g/mol. The molecule has 0 aliphatic heterocycles. The van der Waals surface area contributed by atoms with E-state index >= 15 is 0 Å². The van der Waals surface area contributed by atoms with Gasteiger partial charge in [-0.05, 0) is 56.1 Å². The third kappa shape index (κ3) is 5.63. The lowest BCUT2D eigenvalue weighted by Crippen LogP contribution is -2.50. The highest BCUT2D eigenvalue weighted by molar-refractivity contribution is 9.11. The SMILES string of the molecule is [C-]#[N+]CCCNc1cccc(C(=O)Nc2c(Br)cc(C(F)(C(F)(F)F)C(F)(F)F)cc2Br)c1F. The Hall–Kier alpha value is -2.40. The van der Waals surface area contributed by atoms with Gasteiger partial charge in [-0.2, -0.15) is 26.3 Å². The molecule has 1 amide bonds. The van der Waals surface area contributed by atoms with Gasteiger partial charge in [0.1, 0.15) is 0 Å². The first-order chi connectivity index (χ1) is 15.6. The molecule has 0 saturated carbocycles. The van der Waals surface area contributed by atoms with Gasteiger partial charge in [0.05, 0.1) is 16.9 Å². The third-order valence-corrected chi connectivity index (χ3v) is 5.72. The van der Waals surface area contributed by atoms with E-state index in [0.717, 1.165) is 6.07 Å². The second-order valence-electron chi connectivity index (χ2n) is 6.75. The van der Waals surface area contributed by atoms with Crippen molar-refractivity contribution in [1.29, 1.82) is 0 Å². The van der Waals surface area contributed by atoms with Crippen LogP contribution in [0.5, 0.6) is 0 Å². The van der Waals surface area contributed by atoms with Gasteiger partial charge in [0.15, 0.2) is 5.82 Å². The minimum atomic E-state index is -6.32. The first-order valence-electron chi connectivity index (χ1n) is 9.14. The highest BCUT2D eigenvalue weighted by Gasteiger charge is 2.73. The van der Waals surface area contributed by atoms with Gasteiger partial charge in [-0.25, -0.2) is 15.4 Å². The van der Waals surface area contributed by atoms with Crippen LogP contribution in [0.25, 0.3) is 4.85 Å². The third-order valence-electron chi connectivity index (χ3n) is 4.47. The van der Waals surface area contributed by atoms with Gasteiger partial charge in [-0.15, -0.1) is 0 Å². The van der Waals surface area contributed by atoms with Crippen LogP contribution in [-0.2, 0) is 5.67 Å². The quantitative estimate of drug-likeness (QED) is 0.190. The van der Waals surface area contributed by atoms with Crippen LogP contribution in [0.4, 0.5) is 46.5 Å². The molecule has 2 rings (SSSR count). The van der Waals surface area contributed by atoms with Crippen molar-refractivity contribution in [2.24, 2.45) is 0 Å². The average Bonchev–Trinajstić information content (AvgIpc) is 2.72. The van der Waals surface area contributed by atoms with Crippen LogP contribution in [0.15, 0.2) is 39.3 Å². The molecule has 0 spiro atoms. The lowest BCUT2D eigenvalue weighted by molar-refractivity contribution is -0.348. The van der Waals surface area contributed by atoms with E-state index in [9.17, 15) is 39.9 Å². The van der Waals surface area contributed by atoms with Crippen LogP contribution in [0.1, 0.15) is 22.3 Å². The molecule has 0 aliphatic rings. The summed E-state index contributed by atoms with van der Waals surface area (Å²) in [6, 6.07) is 4.23. The van der Waals surface area contributed by atoms with Crippen LogP contribution >= 0.6 is 31.9 Å². The number of nitrogens with one attached hydrogen (secondary N) is 2. The first-order valence-corrected chi connectivity index (χ1v) is 10.7. The zero-order valence-electron chi connectivity index (χ0n) is 16.6. The van der Waals surface area contributed by atoms with E-state index < -0.39 is 49.8 Å². The number of rotatable bonds is 7. The molecular weight excluding hydrogens is 610 g/mol. The molecule has 0 aliphatic carbocycles. The lowest BCUT2D eigenvalue weighted by atomic mass is 9.94. The smallest absolute Gasteiger partial charge is 0.382 e. The minimum Gasteiger partial charge on any atom is -0.382 e. The fraction of sp³-hybridized carbons (Fsp3) is 0.300. The van der Waals surface area contributed by atoms with E-state index in [0.29, 0.717) is 6.42 Å². The number of nitrogens with zero attached hydrogens (tertiary/aromatic N) is 1. The summed E-state index contributed by atoms with van der Waals surface area (Å²) in [5.41, 5.74) is -8.34. The van der Waals surface area contributed by atoms with Crippen LogP contribution in [0.2, 0.25) is 0 Å². The number of halogens is 10. The summed E-state index contributed by atoms with van der Waals surface area (Å²) in [7, 11) is 0. The topological polar surface area (TPSA) is 45.5 Å². The molecule has 0 heterocycles. The van der Waals surface area contributed by atoms with Gasteiger partial charge in [0.2, 0.25) is 6.54 Å². The Morgan fingerprint density at radius 1 is 1.00 bits per heavy atom. The van der Waals surface area contributed by atoms with Gasteiger partial charge >= 0.3 is 18.0 Å². The molecule has 0 aromatic heterocycles. The predicted octanol–water partition coefficient (Wildman–Crippen LogP) is 7.61. The van der Waals surface area contributed by atoms with Crippen molar-refractivity contribution in [3.63, 3.8) is 0 Å². The number of carbonyl (C=O) groups is 1. The van der Waals surface area contributed by atoms with Gasteiger partial charge < -0.3 is 15.5 Å². The van der Waals surface area contributed by atoms with E-state index in [-0.39, 0.29) is 36.6 Å². The molecule has 4 nitrogen and oxygen atoms in total. The molecule has 184 valence electrons. The second-order valence-corrected chi connectivity index (χ2v) is 8.46. The number of benzene rings is 2. The summed E-state index contributed by atoms with van der Waals surface area (Å²) < 4.78 is 106. The Balaban J connectivity index is 2.38. The molecule has 0 atom stereocenters. The summed E-state index contributed by atoms with van der Waals surface area (Å²) in [6.07, 6.45) is -12.2. The fourth-order valence-corrected chi connectivity index (χ4v) is 4.17. The van der Waals surface area contributed by atoms with E-state index in [4.69, 9.17) is 6.57 Å². The van der Waals surface area contributed by atoms with Crippen molar-refractivity contribution in [2.45, 2.75) is 24.4 Å². The van der Waals surface area contributed by atoms with Crippen molar-refractivity contribution in [1.82, 2.24) is 0 Å². The molecule has 2 aromatic rings. The van der Waals surface area contributed by atoms with Crippen molar-refractivity contribution in [3.8, 4) is 0 Å². The number of amides is 1. The number of hydrogen-bond acceptors (Lipinski definition) is 2. The molecule has 0 saturated heterocycles. The number of anilines is 2. The Kier molecular flexibility index (Phi) is 8.57. The summed E-state index contributed by atoms with van der Waals surface area (Å²) >= 11 is 5.46. The normalized spacial score (nSPS) is 12.3. The molecule has 0 bridgehead atoms. The molecule has 2 N–H and O–H groups in total. The number of hydrogen-bond donors (Lipinski definition) is 2. The highest BCUT2D eigenvalue weighted by Crippen LogP contribution is 2.54. The fourth-order valence-electron chi connectivity index (χ4n) is 2.79. The van der Waals surface area contributed by atoms with Crippen molar-refractivity contribution < 1.29 is 39.9 Å². The summed E-state index contributed by atoms with van der Waals surface area (Å²) in [6.45, 7) is 7.14. The van der Waals surface area contributed by atoms with Gasteiger partial charge in [-0.1, -0.05) is 6.07 Å². The summed E-state index contributed by atoms with van der Waals surface area (Å²) in [5, 5.41) is 4.88. The Bertz CT molecular complexity index is 1080. The van der Waals surface area contributed by atoms with Crippen LogP contribution < -0.4 is 10.6 Å². The standard InChI is InChI=1S/C20H13Br2F8N3O/c1-31-6-3-7-32-14-5-2-4-11(15(14)23)17(34)33-16-12(21)8-10(9-13(16)22)18(24,19(25,26)27)20(28,29)30/h2,4-5,8-9,32H,3,6-7H2,(H,33,34). The Morgan fingerprint density at radius 3 is 2.06 bits per heavy atom. The van der Waals surface area contributed by atoms with Crippen molar-refractivity contribution in [2.75, 3.05) is 23.7 Å². The van der Waals surface area contributed by atoms with E-state index in [1.54, 1.807) is 0 Å². The minimum absolute atomic E-state index is 0.0522. The maximum absolute atomic E-state index is 14.7. The lowest BCUT2D eigenvalue weighted by Gasteiger charge is -2.31. The van der Waals surface area contributed by atoms with Gasteiger partial charge in [0.25, 0.3) is 5.91 Å². The Labute approximate surface area is 204 Å². The zero-order valence-corrected chi connectivity index (χ0v) is 19.8. The van der Waals surface area contributed by atoms with Crippen LogP contribution in [0, 0.1) is 12.4 Å². The maximum Gasteiger partial charge on any atom is 0.435 e. The molecule has 2 aromatic carbocycles. The molecular formula is C20H13Br2F8N3O. The van der Waals surface area contributed by atoms with Gasteiger partial charge in [0, 0.05) is 27.5 Å². The average molecular weight is 623 g/mol. The van der Waals surface area contributed by atoms with Crippen LogP contribution in [0.3, 0.4) is 0 Å². The summed E-state index contributed by atoms with van der Waals surface area (Å²) in [5.74, 6) is -2.04. The predicted molar refractivity (Wildman–Crippen MR) is 116 cm³/mol. The Morgan fingerprint density at radius 2 is 1.56 bits per heavy atom. The largest absolute Gasteiger partial charge is 0.435 e. The summed E-state index contributed by atoms with van der Waals surface area (Å²) in [4.78, 5) is 15.7. The first kappa shape index (κ1) is 27.8. The molecule has 14 heteroatoms. The molecule has 0 unspecified atom stereocenters. The molecule has 0 radical (unpaired) electrons. The van der Waals surface area contributed by atoms with Crippen LogP contribution in [-0.4, -0.2) is 31.3 Å².